The summed E-state index contributed by atoms with van der Waals surface area (Å²) in [5.74, 6) is 0. The van der Waals surface area contributed by atoms with Crippen LogP contribution in [0, 0.1) is 0 Å². The second kappa shape index (κ2) is 12.9. The maximum Gasteiger partial charge on any atom is 0.0482 e. The molecule has 132 valence electrons. The van der Waals surface area contributed by atoms with Crippen LogP contribution in [0.2, 0.25) is 0 Å². The standard InChI is InChI=1S/C18H25Br5/c1-2-3-4-5-6-7-8-9-10-11-12-13-14(19)16(21)18(23)17(22)15(13)20/h2-12H2,1H3. The van der Waals surface area contributed by atoms with Gasteiger partial charge in [0.25, 0.3) is 0 Å². The van der Waals surface area contributed by atoms with Gasteiger partial charge >= 0.3 is 0 Å². The molecule has 5 heteroatoms. The monoisotopic (exact) mass is 636 g/mol. The first-order valence-electron chi connectivity index (χ1n) is 8.51. The van der Waals surface area contributed by atoms with Crippen LogP contribution in [-0.2, 0) is 6.42 Å². The Morgan fingerprint density at radius 2 is 0.826 bits per heavy atom. The van der Waals surface area contributed by atoms with E-state index in [1.807, 2.05) is 0 Å². The Bertz CT molecular complexity index is 456. The lowest BCUT2D eigenvalue weighted by molar-refractivity contribution is 0.556. The van der Waals surface area contributed by atoms with Crippen LogP contribution in [0.25, 0.3) is 0 Å². The minimum Gasteiger partial charge on any atom is -0.0654 e. The smallest absolute Gasteiger partial charge is 0.0482 e. The summed E-state index contributed by atoms with van der Waals surface area (Å²) < 4.78 is 5.50. The van der Waals surface area contributed by atoms with Crippen molar-refractivity contribution in [3.8, 4) is 0 Å². The summed E-state index contributed by atoms with van der Waals surface area (Å²) in [6.45, 7) is 2.28. The largest absolute Gasteiger partial charge is 0.0654 e. The molecular weight excluding hydrogens is 616 g/mol. The van der Waals surface area contributed by atoms with Crippen LogP contribution in [-0.4, -0.2) is 0 Å². The highest BCUT2D eigenvalue weighted by molar-refractivity contribution is 9.15. The van der Waals surface area contributed by atoms with E-state index in [0.29, 0.717) is 0 Å². The molecule has 1 aromatic rings. The van der Waals surface area contributed by atoms with E-state index in [9.17, 15) is 0 Å². The molecule has 0 unspecified atom stereocenters. The van der Waals surface area contributed by atoms with Crippen molar-refractivity contribution < 1.29 is 0 Å². The van der Waals surface area contributed by atoms with Gasteiger partial charge in [-0.25, -0.2) is 0 Å². The highest BCUT2D eigenvalue weighted by Crippen LogP contribution is 2.44. The number of unbranched alkanes of at least 4 members (excludes halogenated alkanes) is 9. The van der Waals surface area contributed by atoms with Crippen LogP contribution in [0.5, 0.6) is 0 Å². The number of benzene rings is 1. The third-order valence-corrected chi connectivity index (χ3v) is 10.3. The van der Waals surface area contributed by atoms with Crippen LogP contribution >= 0.6 is 79.6 Å². The fraction of sp³-hybridized carbons (Fsp3) is 0.667. The van der Waals surface area contributed by atoms with E-state index in [-0.39, 0.29) is 0 Å². The van der Waals surface area contributed by atoms with Crippen LogP contribution in [0.4, 0.5) is 0 Å². The second-order valence-electron chi connectivity index (χ2n) is 5.98. The lowest BCUT2D eigenvalue weighted by atomic mass is 10.0. The lowest BCUT2D eigenvalue weighted by Gasteiger charge is -2.13. The summed E-state index contributed by atoms with van der Waals surface area (Å²) in [6.07, 6.45) is 14.8. The van der Waals surface area contributed by atoms with E-state index in [0.717, 1.165) is 28.8 Å². The molecule has 0 fully saturated rings. The molecule has 0 N–H and O–H groups in total. The number of hydrogen-bond acceptors (Lipinski definition) is 0. The number of halogens is 5. The van der Waals surface area contributed by atoms with Crippen molar-refractivity contribution in [2.24, 2.45) is 0 Å². The van der Waals surface area contributed by atoms with Crippen LogP contribution in [0.1, 0.15) is 76.7 Å². The molecule has 0 nitrogen and oxygen atoms in total. The molecule has 0 amide bonds. The molecule has 0 radical (unpaired) electrons. The third kappa shape index (κ3) is 7.80. The fourth-order valence-corrected chi connectivity index (χ4v) is 6.18. The van der Waals surface area contributed by atoms with Crippen molar-refractivity contribution in [2.45, 2.75) is 77.6 Å². The van der Waals surface area contributed by atoms with Crippen LogP contribution in [0.3, 0.4) is 0 Å². The molecule has 0 heterocycles. The van der Waals surface area contributed by atoms with Gasteiger partial charge in [-0.2, -0.15) is 0 Å². The molecule has 0 spiro atoms. The molecule has 1 aromatic carbocycles. The summed E-state index contributed by atoms with van der Waals surface area (Å²) in [7, 11) is 0. The van der Waals surface area contributed by atoms with E-state index in [1.165, 1.54) is 69.8 Å². The van der Waals surface area contributed by atoms with Gasteiger partial charge in [0, 0.05) is 22.4 Å². The topological polar surface area (TPSA) is 0 Å². The summed E-state index contributed by atoms with van der Waals surface area (Å²) in [4.78, 5) is 0. The molecular formula is C18H25Br5. The Hall–Kier alpha value is 1.62. The second-order valence-corrected chi connectivity index (χ2v) is 9.95. The van der Waals surface area contributed by atoms with Gasteiger partial charge in [-0.05, 0) is 98.1 Å². The molecule has 0 aliphatic carbocycles. The van der Waals surface area contributed by atoms with Gasteiger partial charge in [0.15, 0.2) is 0 Å². The van der Waals surface area contributed by atoms with Gasteiger partial charge in [0.2, 0.25) is 0 Å². The number of rotatable bonds is 11. The van der Waals surface area contributed by atoms with Gasteiger partial charge in [-0.3, -0.25) is 0 Å². The lowest BCUT2D eigenvalue weighted by Crippen LogP contribution is -1.93. The molecule has 1 rings (SSSR count). The van der Waals surface area contributed by atoms with E-state index >= 15 is 0 Å². The average Bonchev–Trinajstić information content (AvgIpc) is 2.55. The van der Waals surface area contributed by atoms with Crippen molar-refractivity contribution in [1.29, 1.82) is 0 Å². The minimum atomic E-state index is 1.04. The average molecular weight is 641 g/mol. The SMILES string of the molecule is CCCCCCCCCCCCc1c(Br)c(Br)c(Br)c(Br)c1Br. The fourth-order valence-electron chi connectivity index (χ4n) is 2.66. The Labute approximate surface area is 183 Å². The minimum absolute atomic E-state index is 1.04. The van der Waals surface area contributed by atoms with Gasteiger partial charge in [0.1, 0.15) is 0 Å². The Morgan fingerprint density at radius 1 is 0.478 bits per heavy atom. The molecule has 0 aliphatic rings. The van der Waals surface area contributed by atoms with Crippen molar-refractivity contribution in [3.63, 3.8) is 0 Å². The first kappa shape index (κ1) is 22.7. The summed E-state index contributed by atoms with van der Waals surface area (Å²) in [6, 6.07) is 0. The van der Waals surface area contributed by atoms with E-state index < -0.39 is 0 Å². The Morgan fingerprint density at radius 3 is 1.26 bits per heavy atom. The summed E-state index contributed by atoms with van der Waals surface area (Å²) in [5.41, 5.74) is 1.34. The molecule has 0 saturated heterocycles. The van der Waals surface area contributed by atoms with Gasteiger partial charge in [-0.1, -0.05) is 64.7 Å². The summed E-state index contributed by atoms with van der Waals surface area (Å²) >= 11 is 18.3. The van der Waals surface area contributed by atoms with Crippen molar-refractivity contribution in [3.05, 3.63) is 27.9 Å². The molecule has 0 aliphatic heterocycles. The maximum atomic E-state index is 3.71. The Balaban J connectivity index is 2.27. The molecule has 0 atom stereocenters. The highest BCUT2D eigenvalue weighted by Gasteiger charge is 2.16. The van der Waals surface area contributed by atoms with Gasteiger partial charge in [0.05, 0.1) is 0 Å². The molecule has 0 aromatic heterocycles. The summed E-state index contributed by atoms with van der Waals surface area (Å²) in [5, 5.41) is 0. The molecule has 0 bridgehead atoms. The zero-order chi connectivity index (χ0) is 17.2. The zero-order valence-electron chi connectivity index (χ0n) is 13.7. The maximum absolute atomic E-state index is 3.71. The quantitative estimate of drug-likeness (QED) is 0.128. The first-order valence-corrected chi connectivity index (χ1v) is 12.5. The molecule has 23 heavy (non-hydrogen) atoms. The zero-order valence-corrected chi connectivity index (χ0v) is 21.6. The predicted molar refractivity (Wildman–Crippen MR) is 120 cm³/mol. The van der Waals surface area contributed by atoms with Crippen LogP contribution < -0.4 is 0 Å². The first-order chi connectivity index (χ1) is 11.0. The van der Waals surface area contributed by atoms with E-state index in [2.05, 4.69) is 86.6 Å². The van der Waals surface area contributed by atoms with Crippen molar-refractivity contribution in [2.75, 3.05) is 0 Å². The Kier molecular flexibility index (Phi) is 12.7. The third-order valence-electron chi connectivity index (χ3n) is 4.08. The van der Waals surface area contributed by atoms with Gasteiger partial charge in [-0.15, -0.1) is 0 Å². The van der Waals surface area contributed by atoms with Crippen LogP contribution in [0.15, 0.2) is 22.4 Å². The normalized spacial score (nSPS) is 11.2. The predicted octanol–water partition coefficient (Wildman–Crippen LogP) is 9.96. The van der Waals surface area contributed by atoms with Crippen molar-refractivity contribution in [1.82, 2.24) is 0 Å². The number of hydrogen-bond donors (Lipinski definition) is 0. The molecule has 0 saturated carbocycles. The van der Waals surface area contributed by atoms with E-state index in [1.54, 1.807) is 0 Å². The highest BCUT2D eigenvalue weighted by atomic mass is 79.9. The van der Waals surface area contributed by atoms with E-state index in [4.69, 9.17) is 0 Å². The van der Waals surface area contributed by atoms with Gasteiger partial charge < -0.3 is 0 Å². The van der Waals surface area contributed by atoms with Crippen molar-refractivity contribution >= 4 is 79.6 Å².